The molecule has 0 aliphatic carbocycles. The normalized spacial score (nSPS) is 29.7. The second kappa shape index (κ2) is 6.71. The lowest BCUT2D eigenvalue weighted by Gasteiger charge is -2.53. The molecule has 158 valence electrons. The quantitative estimate of drug-likeness (QED) is 0.474. The number of aliphatic hydroxyl groups is 2. The lowest BCUT2D eigenvalue weighted by molar-refractivity contribution is -0.266. The van der Waals surface area contributed by atoms with Crippen LogP contribution in [0.2, 0.25) is 0 Å². The van der Waals surface area contributed by atoms with E-state index in [4.69, 9.17) is 0 Å². The molecule has 6 heteroatoms. The maximum absolute atomic E-state index is 11.0. The predicted molar refractivity (Wildman–Crippen MR) is 107 cm³/mol. The first-order chi connectivity index (χ1) is 12.3. The van der Waals surface area contributed by atoms with E-state index in [1.165, 1.54) is 10.1 Å². The average molecular weight is 393 g/mol. The smallest absolute Gasteiger partial charge is 0.130 e. The molecule has 0 unspecified atom stereocenters. The third-order valence-electron chi connectivity index (χ3n) is 5.85. The number of piperidine rings is 2. The first-order valence-electron chi connectivity index (χ1n) is 9.82. The van der Waals surface area contributed by atoms with E-state index < -0.39 is 33.4 Å². The highest BCUT2D eigenvalue weighted by Crippen LogP contribution is 2.43. The highest BCUT2D eigenvalue weighted by Gasteiger charge is 2.52. The van der Waals surface area contributed by atoms with E-state index >= 15 is 0 Å². The maximum Gasteiger partial charge on any atom is 0.130 e. The van der Waals surface area contributed by atoms with E-state index in [-0.39, 0.29) is 0 Å². The fourth-order valence-electron chi connectivity index (χ4n) is 5.40. The maximum atomic E-state index is 11.0. The highest BCUT2D eigenvalue weighted by molar-refractivity contribution is 5.35. The van der Waals surface area contributed by atoms with Crippen molar-refractivity contribution in [3.63, 3.8) is 0 Å². The molecule has 0 bridgehead atoms. The predicted octanol–water partition coefficient (Wildman–Crippen LogP) is 2.54. The minimum atomic E-state index is -1.27. The molecule has 0 aromatic heterocycles. The van der Waals surface area contributed by atoms with Gasteiger partial charge in [0.15, 0.2) is 0 Å². The summed E-state index contributed by atoms with van der Waals surface area (Å²) >= 11 is 0. The van der Waals surface area contributed by atoms with Gasteiger partial charge in [0.2, 0.25) is 0 Å². The van der Waals surface area contributed by atoms with Crippen LogP contribution in [0.5, 0.6) is 0 Å². The molecule has 0 aromatic carbocycles. The molecule has 0 atom stereocenters. The van der Waals surface area contributed by atoms with Crippen LogP contribution in [-0.4, -0.2) is 64.1 Å². The third kappa shape index (κ3) is 4.54. The van der Waals surface area contributed by atoms with Crippen molar-refractivity contribution in [2.24, 2.45) is 0 Å². The molecule has 0 saturated carbocycles. The lowest BCUT2D eigenvalue weighted by Crippen LogP contribution is -2.64. The SMILES string of the molecule is CC1(C)CC(O)(C#CC#CC2(O)CC(C)(C)N(O)C(C)(C)C2)CC(C)(C)N1O. The zero-order valence-electron chi connectivity index (χ0n) is 18.5. The minimum absolute atomic E-state index is 0.290. The second-order valence-corrected chi connectivity index (χ2v) is 11.1. The number of hydroxylamine groups is 4. The molecule has 2 fully saturated rings. The summed E-state index contributed by atoms with van der Waals surface area (Å²) in [6.07, 6.45) is 1.16. The van der Waals surface area contributed by atoms with Crippen molar-refractivity contribution in [1.29, 1.82) is 0 Å². The van der Waals surface area contributed by atoms with Gasteiger partial charge < -0.3 is 20.6 Å². The number of hydrogen-bond acceptors (Lipinski definition) is 6. The van der Waals surface area contributed by atoms with E-state index in [1.54, 1.807) is 0 Å². The fourth-order valence-corrected chi connectivity index (χ4v) is 5.40. The molecule has 0 spiro atoms. The van der Waals surface area contributed by atoms with Crippen molar-refractivity contribution in [1.82, 2.24) is 10.1 Å². The Morgan fingerprint density at radius 1 is 0.536 bits per heavy atom. The number of rotatable bonds is 0. The van der Waals surface area contributed by atoms with Gasteiger partial charge in [-0.15, -0.1) is 0 Å². The molecule has 2 rings (SSSR count). The van der Waals surface area contributed by atoms with Gasteiger partial charge in [0.25, 0.3) is 0 Å². The first kappa shape index (κ1) is 23.2. The standard InChI is InChI=1S/C22H36N2O4/c1-17(2)13-21(25,14-18(3,4)23(17)27)11-9-10-12-22(26)15-19(5,6)24(28)20(7,8)16-22/h25-28H,13-16H2,1-8H3. The Hall–Kier alpha value is -1.12. The van der Waals surface area contributed by atoms with Gasteiger partial charge in [-0.3, -0.25) is 0 Å². The minimum Gasteiger partial charge on any atom is -0.377 e. The average Bonchev–Trinajstić information content (AvgIpc) is 2.45. The topological polar surface area (TPSA) is 87.4 Å². The number of nitrogens with zero attached hydrogens (tertiary/aromatic N) is 2. The summed E-state index contributed by atoms with van der Waals surface area (Å²) in [5, 5.41) is 45.3. The zero-order chi connectivity index (χ0) is 21.8. The molecule has 4 N–H and O–H groups in total. The monoisotopic (exact) mass is 392 g/mol. The Balaban J connectivity index is 2.25. The molecule has 0 radical (unpaired) electrons. The first-order valence-corrected chi connectivity index (χ1v) is 9.82. The molecule has 2 saturated heterocycles. The molecule has 0 amide bonds. The largest absolute Gasteiger partial charge is 0.377 e. The van der Waals surface area contributed by atoms with Crippen LogP contribution in [0.4, 0.5) is 0 Å². The van der Waals surface area contributed by atoms with Gasteiger partial charge in [-0.1, -0.05) is 11.8 Å². The van der Waals surface area contributed by atoms with Crippen molar-refractivity contribution in [3.8, 4) is 23.7 Å². The van der Waals surface area contributed by atoms with Gasteiger partial charge in [-0.2, -0.15) is 10.1 Å². The van der Waals surface area contributed by atoms with Crippen LogP contribution in [0.3, 0.4) is 0 Å². The molecular formula is C22H36N2O4. The molecule has 2 heterocycles. The Morgan fingerprint density at radius 2 is 0.750 bits per heavy atom. The molecule has 2 aliphatic heterocycles. The van der Waals surface area contributed by atoms with Crippen LogP contribution in [-0.2, 0) is 0 Å². The van der Waals surface area contributed by atoms with E-state index in [2.05, 4.69) is 23.7 Å². The van der Waals surface area contributed by atoms with Crippen molar-refractivity contribution in [3.05, 3.63) is 0 Å². The summed E-state index contributed by atoms with van der Waals surface area (Å²) < 4.78 is 0. The van der Waals surface area contributed by atoms with Crippen molar-refractivity contribution < 1.29 is 20.6 Å². The number of hydrogen-bond donors (Lipinski definition) is 4. The van der Waals surface area contributed by atoms with Crippen LogP contribution in [0.15, 0.2) is 0 Å². The Labute approximate surface area is 169 Å². The Bertz CT molecular complexity index is 646. The summed E-state index contributed by atoms with van der Waals surface area (Å²) in [5.41, 5.74) is -5.04. The van der Waals surface area contributed by atoms with Gasteiger partial charge in [0.1, 0.15) is 11.2 Å². The van der Waals surface area contributed by atoms with Gasteiger partial charge in [-0.05, 0) is 67.2 Å². The fraction of sp³-hybridized carbons (Fsp3) is 0.818. The van der Waals surface area contributed by atoms with E-state index in [9.17, 15) is 20.6 Å². The van der Waals surface area contributed by atoms with Gasteiger partial charge >= 0.3 is 0 Å². The van der Waals surface area contributed by atoms with E-state index in [0.29, 0.717) is 25.7 Å². The Morgan fingerprint density at radius 3 is 0.964 bits per heavy atom. The summed E-state index contributed by atoms with van der Waals surface area (Å²) in [7, 11) is 0. The molecule has 28 heavy (non-hydrogen) atoms. The van der Waals surface area contributed by atoms with Gasteiger partial charge in [0.05, 0.1) is 0 Å². The molecule has 6 nitrogen and oxygen atoms in total. The van der Waals surface area contributed by atoms with Crippen LogP contribution in [0.25, 0.3) is 0 Å². The van der Waals surface area contributed by atoms with E-state index in [0.717, 1.165) is 0 Å². The molecular weight excluding hydrogens is 356 g/mol. The van der Waals surface area contributed by atoms with Crippen LogP contribution in [0.1, 0.15) is 81.1 Å². The third-order valence-corrected chi connectivity index (χ3v) is 5.85. The zero-order valence-corrected chi connectivity index (χ0v) is 18.5. The van der Waals surface area contributed by atoms with Crippen molar-refractivity contribution >= 4 is 0 Å². The summed E-state index contributed by atoms with van der Waals surface area (Å²) in [5.74, 6) is 11.2. The van der Waals surface area contributed by atoms with Crippen molar-refractivity contribution in [2.75, 3.05) is 0 Å². The summed E-state index contributed by atoms with van der Waals surface area (Å²) in [6.45, 7) is 14.9. The highest BCUT2D eigenvalue weighted by atomic mass is 16.5. The van der Waals surface area contributed by atoms with Gasteiger partial charge in [-0.25, -0.2) is 0 Å². The lowest BCUT2D eigenvalue weighted by atomic mass is 9.72. The summed E-state index contributed by atoms with van der Waals surface area (Å²) in [6, 6.07) is 0. The van der Waals surface area contributed by atoms with Crippen LogP contribution < -0.4 is 0 Å². The molecule has 2 aliphatic rings. The van der Waals surface area contributed by atoms with Crippen LogP contribution >= 0.6 is 0 Å². The van der Waals surface area contributed by atoms with Crippen LogP contribution in [0, 0.1) is 23.7 Å². The Kier molecular flexibility index (Phi) is 5.55. The summed E-state index contributed by atoms with van der Waals surface area (Å²) in [4.78, 5) is 0. The van der Waals surface area contributed by atoms with Gasteiger partial charge in [0, 0.05) is 47.8 Å². The van der Waals surface area contributed by atoms with Crippen molar-refractivity contribution in [2.45, 2.75) is 114 Å². The molecule has 0 aromatic rings. The van der Waals surface area contributed by atoms with E-state index in [1.807, 2.05) is 55.4 Å². The second-order valence-electron chi connectivity index (χ2n) is 11.1.